The zero-order valence-electron chi connectivity index (χ0n) is 15.8. The van der Waals surface area contributed by atoms with Crippen LogP contribution in [0.15, 0.2) is 42.5 Å². The molecular formula is C22H23NO4. The molecule has 5 nitrogen and oxygen atoms in total. The second-order valence-corrected chi connectivity index (χ2v) is 7.25. The van der Waals surface area contributed by atoms with E-state index in [4.69, 9.17) is 9.47 Å². The minimum absolute atomic E-state index is 0.00843. The molecule has 1 amide bonds. The number of carbonyl (C=O) groups is 2. The third-order valence-electron chi connectivity index (χ3n) is 5.55. The van der Waals surface area contributed by atoms with Gasteiger partial charge in [0.15, 0.2) is 6.10 Å². The topological polar surface area (TPSA) is 55.8 Å². The highest BCUT2D eigenvalue weighted by Gasteiger charge is 2.34. The number of carbonyl (C=O) groups excluding carboxylic acids is 2. The van der Waals surface area contributed by atoms with Gasteiger partial charge in [0.05, 0.1) is 0 Å². The number of esters is 1. The van der Waals surface area contributed by atoms with Gasteiger partial charge in [0, 0.05) is 23.7 Å². The van der Waals surface area contributed by atoms with E-state index < -0.39 is 12.1 Å². The summed E-state index contributed by atoms with van der Waals surface area (Å²) in [6.07, 6.45) is -0.0388. The minimum atomic E-state index is -0.865. The average molecular weight is 365 g/mol. The van der Waals surface area contributed by atoms with Crippen molar-refractivity contribution in [2.24, 2.45) is 0 Å². The van der Waals surface area contributed by atoms with Crippen molar-refractivity contribution < 1.29 is 19.1 Å². The van der Waals surface area contributed by atoms with Crippen molar-refractivity contribution in [2.75, 3.05) is 11.4 Å². The SMILES string of the molecule is C[C@H](OC(=O)c1cccc2c1O[C@@H](C)[C@@H]2C)C(=O)N1CCc2ccccc21. The molecule has 0 N–H and O–H groups in total. The zero-order chi connectivity index (χ0) is 19.1. The predicted molar refractivity (Wildman–Crippen MR) is 102 cm³/mol. The van der Waals surface area contributed by atoms with Crippen LogP contribution in [-0.2, 0) is 16.0 Å². The molecule has 2 heterocycles. The number of anilines is 1. The lowest BCUT2D eigenvalue weighted by Crippen LogP contribution is -2.39. The molecule has 2 aromatic carbocycles. The smallest absolute Gasteiger partial charge is 0.342 e. The van der Waals surface area contributed by atoms with Crippen molar-refractivity contribution in [3.63, 3.8) is 0 Å². The largest absolute Gasteiger partial charge is 0.489 e. The van der Waals surface area contributed by atoms with Crippen molar-refractivity contribution in [3.05, 3.63) is 59.2 Å². The molecule has 2 aromatic rings. The highest BCUT2D eigenvalue weighted by molar-refractivity contribution is 6.01. The summed E-state index contributed by atoms with van der Waals surface area (Å²) in [7, 11) is 0. The Morgan fingerprint density at radius 1 is 1.15 bits per heavy atom. The van der Waals surface area contributed by atoms with Gasteiger partial charge in [-0.05, 0) is 38.0 Å². The standard InChI is InChI=1S/C22H23NO4/c1-13-14(2)26-20-17(13)8-6-9-18(20)22(25)27-15(3)21(24)23-12-11-16-7-4-5-10-19(16)23/h4-10,13-15H,11-12H2,1-3H3/t13-,14-,15-/m0/s1. The van der Waals surface area contributed by atoms with Crippen LogP contribution >= 0.6 is 0 Å². The molecule has 0 saturated heterocycles. The number of nitrogens with zero attached hydrogens (tertiary/aromatic N) is 1. The van der Waals surface area contributed by atoms with Gasteiger partial charge in [-0.1, -0.05) is 37.3 Å². The van der Waals surface area contributed by atoms with Gasteiger partial charge in [0.1, 0.15) is 17.4 Å². The van der Waals surface area contributed by atoms with E-state index in [2.05, 4.69) is 6.92 Å². The van der Waals surface area contributed by atoms with E-state index in [0.717, 1.165) is 23.2 Å². The first-order valence-corrected chi connectivity index (χ1v) is 9.37. The molecule has 27 heavy (non-hydrogen) atoms. The fourth-order valence-electron chi connectivity index (χ4n) is 3.81. The number of rotatable bonds is 3. The summed E-state index contributed by atoms with van der Waals surface area (Å²) in [6.45, 7) is 6.29. The first kappa shape index (κ1) is 17.6. The van der Waals surface area contributed by atoms with Crippen molar-refractivity contribution >= 4 is 17.6 Å². The van der Waals surface area contributed by atoms with Crippen LogP contribution in [0.2, 0.25) is 0 Å². The number of benzene rings is 2. The van der Waals surface area contributed by atoms with Crippen LogP contribution in [0.3, 0.4) is 0 Å². The van der Waals surface area contributed by atoms with Gasteiger partial charge in [-0.2, -0.15) is 0 Å². The van der Waals surface area contributed by atoms with Gasteiger partial charge < -0.3 is 14.4 Å². The van der Waals surface area contributed by atoms with Crippen LogP contribution in [0.1, 0.15) is 48.2 Å². The molecule has 0 unspecified atom stereocenters. The molecule has 0 saturated carbocycles. The molecule has 140 valence electrons. The molecule has 2 aliphatic heterocycles. The molecule has 2 aliphatic rings. The second-order valence-electron chi connectivity index (χ2n) is 7.25. The second kappa shape index (κ2) is 6.72. The summed E-state index contributed by atoms with van der Waals surface area (Å²) in [5.41, 5.74) is 3.42. The Hall–Kier alpha value is -2.82. The molecule has 0 aromatic heterocycles. The van der Waals surface area contributed by atoms with Gasteiger partial charge in [-0.25, -0.2) is 4.79 Å². The van der Waals surface area contributed by atoms with E-state index in [0.29, 0.717) is 17.9 Å². The maximum atomic E-state index is 12.8. The number of fused-ring (bicyclic) bond motifs is 2. The normalized spacial score (nSPS) is 21.2. The van der Waals surface area contributed by atoms with E-state index in [1.807, 2.05) is 43.3 Å². The summed E-state index contributed by atoms with van der Waals surface area (Å²) in [4.78, 5) is 27.2. The summed E-state index contributed by atoms with van der Waals surface area (Å²) in [6, 6.07) is 13.3. The third kappa shape index (κ3) is 2.97. The van der Waals surface area contributed by atoms with E-state index in [1.165, 1.54) is 0 Å². The molecule has 5 heteroatoms. The predicted octanol–water partition coefficient (Wildman–Crippen LogP) is 3.71. The summed E-state index contributed by atoms with van der Waals surface area (Å²) < 4.78 is 11.4. The molecule has 0 radical (unpaired) electrons. The van der Waals surface area contributed by atoms with E-state index in [1.54, 1.807) is 17.9 Å². The Kier molecular flexibility index (Phi) is 4.38. The molecule has 0 bridgehead atoms. The lowest BCUT2D eigenvalue weighted by atomic mass is 9.97. The fourth-order valence-corrected chi connectivity index (χ4v) is 3.81. The fraction of sp³-hybridized carbons (Fsp3) is 0.364. The maximum absolute atomic E-state index is 12.8. The van der Waals surface area contributed by atoms with Crippen molar-refractivity contribution in [1.29, 1.82) is 0 Å². The molecule has 0 aliphatic carbocycles. The highest BCUT2D eigenvalue weighted by atomic mass is 16.6. The Morgan fingerprint density at radius 3 is 2.74 bits per heavy atom. The van der Waals surface area contributed by atoms with Gasteiger partial charge in [0.25, 0.3) is 5.91 Å². The molecule has 3 atom stereocenters. The van der Waals surface area contributed by atoms with Crippen LogP contribution in [0.4, 0.5) is 5.69 Å². The highest BCUT2D eigenvalue weighted by Crippen LogP contribution is 2.40. The quantitative estimate of drug-likeness (QED) is 0.778. The van der Waals surface area contributed by atoms with Crippen molar-refractivity contribution in [3.8, 4) is 5.75 Å². The molecule has 0 fully saturated rings. The first-order chi connectivity index (χ1) is 13.0. The third-order valence-corrected chi connectivity index (χ3v) is 5.55. The lowest BCUT2D eigenvalue weighted by Gasteiger charge is -2.22. The number of hydrogen-bond donors (Lipinski definition) is 0. The zero-order valence-corrected chi connectivity index (χ0v) is 15.8. The lowest BCUT2D eigenvalue weighted by molar-refractivity contribution is -0.126. The van der Waals surface area contributed by atoms with Gasteiger partial charge in [0.2, 0.25) is 0 Å². The monoisotopic (exact) mass is 365 g/mol. The van der Waals surface area contributed by atoms with Crippen LogP contribution in [0, 0.1) is 0 Å². The van der Waals surface area contributed by atoms with E-state index in [9.17, 15) is 9.59 Å². The van der Waals surface area contributed by atoms with E-state index in [-0.39, 0.29) is 17.9 Å². The molecule has 4 rings (SSSR count). The van der Waals surface area contributed by atoms with Gasteiger partial charge >= 0.3 is 5.97 Å². The number of hydrogen-bond acceptors (Lipinski definition) is 4. The number of para-hydroxylation sites is 2. The summed E-state index contributed by atoms with van der Waals surface area (Å²) in [5.74, 6) is 0.0617. The molecular weight excluding hydrogens is 342 g/mol. The summed E-state index contributed by atoms with van der Waals surface area (Å²) in [5, 5.41) is 0. The van der Waals surface area contributed by atoms with Crippen LogP contribution in [-0.4, -0.2) is 30.6 Å². The number of amides is 1. The van der Waals surface area contributed by atoms with Gasteiger partial charge in [-0.3, -0.25) is 4.79 Å². The Bertz CT molecular complexity index is 907. The van der Waals surface area contributed by atoms with Crippen molar-refractivity contribution in [1.82, 2.24) is 0 Å². The minimum Gasteiger partial charge on any atom is -0.489 e. The van der Waals surface area contributed by atoms with Crippen LogP contribution < -0.4 is 9.64 Å². The number of ether oxygens (including phenoxy) is 2. The summed E-state index contributed by atoms with van der Waals surface area (Å²) >= 11 is 0. The van der Waals surface area contributed by atoms with Crippen LogP contribution in [0.5, 0.6) is 5.75 Å². The van der Waals surface area contributed by atoms with Gasteiger partial charge in [-0.15, -0.1) is 0 Å². The van der Waals surface area contributed by atoms with Crippen LogP contribution in [0.25, 0.3) is 0 Å². The Balaban J connectivity index is 1.51. The molecule has 0 spiro atoms. The Labute approximate surface area is 158 Å². The maximum Gasteiger partial charge on any atom is 0.342 e. The first-order valence-electron chi connectivity index (χ1n) is 9.37. The van der Waals surface area contributed by atoms with Crippen molar-refractivity contribution in [2.45, 2.75) is 45.3 Å². The average Bonchev–Trinajstić information content (AvgIpc) is 3.22. The Morgan fingerprint density at radius 2 is 1.93 bits per heavy atom. The van der Waals surface area contributed by atoms with E-state index >= 15 is 0 Å².